The number of benzene rings is 2. The van der Waals surface area contributed by atoms with Gasteiger partial charge in [-0.3, -0.25) is 9.48 Å². The van der Waals surface area contributed by atoms with Crippen molar-refractivity contribution in [2.24, 2.45) is 0 Å². The van der Waals surface area contributed by atoms with Crippen molar-refractivity contribution < 1.29 is 18.7 Å². The highest BCUT2D eigenvalue weighted by molar-refractivity contribution is 6.31. The van der Waals surface area contributed by atoms with E-state index in [0.29, 0.717) is 28.9 Å². The van der Waals surface area contributed by atoms with E-state index in [0.717, 1.165) is 17.0 Å². The number of nitrogens with one attached hydrogen (secondary N) is 1. The summed E-state index contributed by atoms with van der Waals surface area (Å²) in [6, 6.07) is 19.9. The predicted molar refractivity (Wildman–Crippen MR) is 122 cm³/mol. The first-order chi connectivity index (χ1) is 15.5. The maximum Gasteiger partial charge on any atom is 0.292 e. The highest BCUT2D eigenvalue weighted by Crippen LogP contribution is 2.20. The number of hydrogen-bond donors (Lipinski definition) is 1. The molecule has 0 bridgehead atoms. The third-order valence-electron chi connectivity index (χ3n) is 4.83. The topological polar surface area (TPSA) is 78.5 Å². The Kier molecular flexibility index (Phi) is 6.47. The van der Waals surface area contributed by atoms with Crippen LogP contribution < -0.4 is 14.8 Å². The number of carbonyl (C=O) groups is 1. The second-order valence-electron chi connectivity index (χ2n) is 7.10. The van der Waals surface area contributed by atoms with E-state index in [9.17, 15) is 4.79 Å². The molecule has 4 rings (SSSR count). The lowest BCUT2D eigenvalue weighted by Crippen LogP contribution is -2.12. The third kappa shape index (κ3) is 5.12. The lowest BCUT2D eigenvalue weighted by Gasteiger charge is -2.06. The molecule has 0 aliphatic heterocycles. The van der Waals surface area contributed by atoms with Gasteiger partial charge in [-0.15, -0.1) is 0 Å². The van der Waals surface area contributed by atoms with Crippen molar-refractivity contribution in [1.82, 2.24) is 9.78 Å². The molecule has 0 saturated heterocycles. The van der Waals surface area contributed by atoms with E-state index in [1.807, 2.05) is 43.3 Å². The van der Waals surface area contributed by atoms with Crippen molar-refractivity contribution in [3.63, 3.8) is 0 Å². The number of halogens is 1. The molecular formula is C24H22ClN3O4. The molecule has 2 heterocycles. The fourth-order valence-electron chi connectivity index (χ4n) is 3.10. The first-order valence-electron chi connectivity index (χ1n) is 9.96. The van der Waals surface area contributed by atoms with E-state index in [-0.39, 0.29) is 18.3 Å². The average Bonchev–Trinajstić information content (AvgIpc) is 3.41. The molecule has 2 aromatic heterocycles. The first kappa shape index (κ1) is 21.5. The van der Waals surface area contributed by atoms with Crippen molar-refractivity contribution in [2.75, 3.05) is 12.4 Å². The molecule has 4 aromatic rings. The van der Waals surface area contributed by atoms with E-state index < -0.39 is 0 Å². The fraction of sp³-hybridized carbons (Fsp3) is 0.167. The van der Waals surface area contributed by atoms with Gasteiger partial charge in [0.1, 0.15) is 23.9 Å². The smallest absolute Gasteiger partial charge is 0.292 e. The van der Waals surface area contributed by atoms with Gasteiger partial charge in [0, 0.05) is 16.8 Å². The van der Waals surface area contributed by atoms with E-state index in [4.69, 9.17) is 25.5 Å². The first-order valence-corrected chi connectivity index (χ1v) is 10.3. The Bertz CT molecular complexity index is 1210. The average molecular weight is 452 g/mol. The fourth-order valence-corrected chi connectivity index (χ4v) is 3.30. The van der Waals surface area contributed by atoms with Gasteiger partial charge >= 0.3 is 0 Å². The Morgan fingerprint density at radius 2 is 1.84 bits per heavy atom. The van der Waals surface area contributed by atoms with Gasteiger partial charge in [-0.25, -0.2) is 0 Å². The number of aromatic nitrogens is 2. The molecule has 1 N–H and O–H groups in total. The van der Waals surface area contributed by atoms with Crippen LogP contribution in [0.2, 0.25) is 5.02 Å². The van der Waals surface area contributed by atoms with Crippen molar-refractivity contribution in [3.8, 4) is 11.5 Å². The second kappa shape index (κ2) is 9.62. The van der Waals surface area contributed by atoms with E-state index in [1.54, 1.807) is 42.1 Å². The van der Waals surface area contributed by atoms with Gasteiger partial charge in [0.2, 0.25) is 0 Å². The molecule has 0 atom stereocenters. The Balaban J connectivity index is 1.36. The minimum absolute atomic E-state index is 0.177. The highest BCUT2D eigenvalue weighted by Gasteiger charge is 2.15. The third-order valence-corrected chi connectivity index (χ3v) is 5.20. The Labute approximate surface area is 190 Å². The SMILES string of the molecule is COc1ccc(OCc2ccc(C(=O)Nc3cc(C)n(Cc4ccccc4Cl)n3)o2)cc1. The Hall–Kier alpha value is -3.71. The van der Waals surface area contributed by atoms with Crippen LogP contribution in [-0.2, 0) is 13.2 Å². The number of rotatable bonds is 8. The van der Waals surface area contributed by atoms with Crippen LogP contribution >= 0.6 is 11.6 Å². The number of furan rings is 1. The molecule has 1 amide bonds. The number of carbonyl (C=O) groups excluding carboxylic acids is 1. The maximum absolute atomic E-state index is 12.6. The zero-order valence-corrected chi connectivity index (χ0v) is 18.4. The Morgan fingerprint density at radius 1 is 1.09 bits per heavy atom. The van der Waals surface area contributed by atoms with Gasteiger partial charge in [-0.2, -0.15) is 5.10 Å². The van der Waals surface area contributed by atoms with Crippen LogP contribution in [0.1, 0.15) is 27.6 Å². The molecule has 0 aliphatic carbocycles. The molecule has 0 aliphatic rings. The summed E-state index contributed by atoms with van der Waals surface area (Å²) >= 11 is 6.24. The molecule has 164 valence electrons. The van der Waals surface area contributed by atoms with Crippen LogP contribution in [0.4, 0.5) is 5.82 Å². The van der Waals surface area contributed by atoms with Gasteiger partial charge in [0.05, 0.1) is 13.7 Å². The molecule has 2 aromatic carbocycles. The Morgan fingerprint density at radius 3 is 2.59 bits per heavy atom. The van der Waals surface area contributed by atoms with E-state index in [1.165, 1.54) is 0 Å². The molecule has 0 saturated carbocycles. The van der Waals surface area contributed by atoms with Crippen LogP contribution in [0.25, 0.3) is 0 Å². The summed E-state index contributed by atoms with van der Waals surface area (Å²) in [5.41, 5.74) is 1.85. The highest BCUT2D eigenvalue weighted by atomic mass is 35.5. The molecule has 8 heteroatoms. The lowest BCUT2D eigenvalue weighted by molar-refractivity contribution is 0.0992. The van der Waals surface area contributed by atoms with E-state index in [2.05, 4.69) is 10.4 Å². The minimum Gasteiger partial charge on any atom is -0.497 e. The number of nitrogens with zero attached hydrogens (tertiary/aromatic N) is 2. The molecule has 0 spiro atoms. The summed E-state index contributed by atoms with van der Waals surface area (Å²) in [6.45, 7) is 2.63. The quantitative estimate of drug-likeness (QED) is 0.392. The summed E-state index contributed by atoms with van der Waals surface area (Å²) in [6.07, 6.45) is 0. The summed E-state index contributed by atoms with van der Waals surface area (Å²) in [7, 11) is 1.61. The largest absolute Gasteiger partial charge is 0.497 e. The number of hydrogen-bond acceptors (Lipinski definition) is 5. The monoisotopic (exact) mass is 451 g/mol. The van der Waals surface area contributed by atoms with Crippen LogP contribution in [0.3, 0.4) is 0 Å². The minimum atomic E-state index is -0.386. The van der Waals surface area contributed by atoms with Gasteiger partial charge in [0.25, 0.3) is 5.91 Å². The molecule has 32 heavy (non-hydrogen) atoms. The number of ether oxygens (including phenoxy) is 2. The zero-order chi connectivity index (χ0) is 22.5. The summed E-state index contributed by atoms with van der Waals surface area (Å²) in [5.74, 6) is 2.18. The maximum atomic E-state index is 12.6. The predicted octanol–water partition coefficient (Wildman–Crippen LogP) is 5.33. The number of anilines is 1. The van der Waals surface area contributed by atoms with E-state index >= 15 is 0 Å². The van der Waals surface area contributed by atoms with Crippen LogP contribution in [0.5, 0.6) is 11.5 Å². The standard InChI is InChI=1S/C24H22ClN3O4/c1-16-13-23(27-28(16)14-17-5-3-4-6-21(17)25)26-24(29)22-12-11-20(32-22)15-31-19-9-7-18(30-2)8-10-19/h3-13H,14-15H2,1-2H3,(H,26,27,29). The van der Waals surface area contributed by atoms with Crippen molar-refractivity contribution in [2.45, 2.75) is 20.1 Å². The normalized spacial score (nSPS) is 10.7. The van der Waals surface area contributed by atoms with Crippen molar-refractivity contribution in [3.05, 3.63) is 94.5 Å². The van der Waals surface area contributed by atoms with Crippen molar-refractivity contribution >= 4 is 23.3 Å². The van der Waals surface area contributed by atoms with Crippen molar-refractivity contribution in [1.29, 1.82) is 0 Å². The van der Waals surface area contributed by atoms with Gasteiger partial charge in [-0.1, -0.05) is 29.8 Å². The van der Waals surface area contributed by atoms with Crippen LogP contribution in [0, 0.1) is 6.92 Å². The summed E-state index contributed by atoms with van der Waals surface area (Å²) in [5, 5.41) is 7.90. The number of amides is 1. The summed E-state index contributed by atoms with van der Waals surface area (Å²) in [4.78, 5) is 12.6. The number of methoxy groups -OCH3 is 1. The zero-order valence-electron chi connectivity index (χ0n) is 17.7. The van der Waals surface area contributed by atoms with Crippen LogP contribution in [-0.4, -0.2) is 22.8 Å². The molecule has 0 fully saturated rings. The van der Waals surface area contributed by atoms with Gasteiger partial charge in [-0.05, 0) is 55.0 Å². The number of aryl methyl sites for hydroxylation is 1. The van der Waals surface area contributed by atoms with Gasteiger partial charge in [0.15, 0.2) is 11.6 Å². The lowest BCUT2D eigenvalue weighted by atomic mass is 10.2. The molecular weight excluding hydrogens is 430 g/mol. The molecule has 7 nitrogen and oxygen atoms in total. The van der Waals surface area contributed by atoms with Crippen LogP contribution in [0.15, 0.2) is 71.1 Å². The second-order valence-corrected chi connectivity index (χ2v) is 7.51. The summed E-state index contributed by atoms with van der Waals surface area (Å²) < 4.78 is 18.2. The van der Waals surface area contributed by atoms with Gasteiger partial charge < -0.3 is 19.2 Å². The molecule has 0 unspecified atom stereocenters. The molecule has 0 radical (unpaired) electrons.